The third kappa shape index (κ3) is 4.87. The fourth-order valence-electron chi connectivity index (χ4n) is 1.99. The van der Waals surface area contributed by atoms with Gasteiger partial charge in [0.05, 0.1) is 33.0 Å². The molecule has 0 aliphatic carbocycles. The van der Waals surface area contributed by atoms with Crippen molar-refractivity contribution in [3.63, 3.8) is 0 Å². The van der Waals surface area contributed by atoms with Gasteiger partial charge in [0.2, 0.25) is 0 Å². The van der Waals surface area contributed by atoms with Crippen LogP contribution in [0.1, 0.15) is 16.8 Å². The molecule has 0 unspecified atom stereocenters. The number of carbonyl (C=O) groups is 1. The number of hydrogen-bond acceptors (Lipinski definition) is 5. The van der Waals surface area contributed by atoms with Gasteiger partial charge in [-0.3, -0.25) is 0 Å². The minimum Gasteiger partial charge on any atom is -0.493 e. The first-order chi connectivity index (χ1) is 11.6. The number of esters is 1. The van der Waals surface area contributed by atoms with E-state index in [1.807, 2.05) is 0 Å². The van der Waals surface area contributed by atoms with Gasteiger partial charge in [-0.15, -0.1) is 0 Å². The zero-order chi connectivity index (χ0) is 17.4. The quantitative estimate of drug-likeness (QED) is 0.546. The molecule has 0 radical (unpaired) electrons. The maximum Gasteiger partial charge on any atom is 0.337 e. The third-order valence-electron chi connectivity index (χ3n) is 3.21. The highest BCUT2D eigenvalue weighted by atomic mass is 19.1. The molecule has 0 heterocycles. The Hall–Kier alpha value is -2.76. The average molecular weight is 334 g/mol. The lowest BCUT2D eigenvalue weighted by molar-refractivity contribution is 0.0600. The van der Waals surface area contributed by atoms with Crippen molar-refractivity contribution in [3.8, 4) is 17.2 Å². The monoisotopic (exact) mass is 334 g/mol. The highest BCUT2D eigenvalue weighted by Gasteiger charge is 2.11. The summed E-state index contributed by atoms with van der Waals surface area (Å²) >= 11 is 0. The lowest BCUT2D eigenvalue weighted by Gasteiger charge is -2.12. The normalized spacial score (nSPS) is 10.1. The van der Waals surface area contributed by atoms with E-state index in [0.29, 0.717) is 42.4 Å². The van der Waals surface area contributed by atoms with E-state index in [0.717, 1.165) is 0 Å². The van der Waals surface area contributed by atoms with Crippen LogP contribution in [0.3, 0.4) is 0 Å². The number of benzene rings is 2. The molecule has 24 heavy (non-hydrogen) atoms. The smallest absolute Gasteiger partial charge is 0.337 e. The van der Waals surface area contributed by atoms with Gasteiger partial charge in [0, 0.05) is 6.42 Å². The Kier molecular flexibility index (Phi) is 6.42. The van der Waals surface area contributed by atoms with Crippen molar-refractivity contribution in [1.29, 1.82) is 0 Å². The van der Waals surface area contributed by atoms with Crippen LogP contribution >= 0.6 is 0 Å². The fraction of sp³-hybridized carbons (Fsp3) is 0.278. The Labute approximate surface area is 139 Å². The number of ether oxygens (including phenoxy) is 4. The molecule has 2 aromatic rings. The molecule has 0 saturated carbocycles. The van der Waals surface area contributed by atoms with Crippen LogP contribution in [0.15, 0.2) is 42.5 Å². The number of carbonyl (C=O) groups excluding carboxylic acids is 1. The van der Waals surface area contributed by atoms with E-state index in [2.05, 4.69) is 4.74 Å². The largest absolute Gasteiger partial charge is 0.493 e. The summed E-state index contributed by atoms with van der Waals surface area (Å²) in [4.78, 5) is 11.5. The van der Waals surface area contributed by atoms with Gasteiger partial charge in [-0.2, -0.15) is 0 Å². The molecule has 0 fully saturated rings. The Morgan fingerprint density at radius 2 is 1.67 bits per heavy atom. The molecular formula is C18H19FO5. The summed E-state index contributed by atoms with van der Waals surface area (Å²) in [5, 5.41) is 0. The van der Waals surface area contributed by atoms with E-state index >= 15 is 0 Å². The Bertz CT molecular complexity index is 670. The Balaban J connectivity index is 1.81. The van der Waals surface area contributed by atoms with Crippen molar-refractivity contribution < 1.29 is 28.1 Å². The summed E-state index contributed by atoms with van der Waals surface area (Å²) < 4.78 is 33.8. The second-order valence-corrected chi connectivity index (χ2v) is 4.86. The molecule has 0 aromatic heterocycles. The molecule has 0 saturated heterocycles. The van der Waals surface area contributed by atoms with E-state index in [9.17, 15) is 9.18 Å². The van der Waals surface area contributed by atoms with Gasteiger partial charge in [-0.05, 0) is 42.5 Å². The van der Waals surface area contributed by atoms with Gasteiger partial charge in [0.15, 0.2) is 11.5 Å². The molecule has 2 aromatic carbocycles. The minimum absolute atomic E-state index is 0.298. The first kappa shape index (κ1) is 17.6. The highest BCUT2D eigenvalue weighted by molar-refractivity contribution is 5.90. The molecule has 5 nitrogen and oxygen atoms in total. The van der Waals surface area contributed by atoms with Crippen LogP contribution in [0.4, 0.5) is 4.39 Å². The lowest BCUT2D eigenvalue weighted by atomic mass is 10.2. The maximum absolute atomic E-state index is 12.8. The van der Waals surface area contributed by atoms with Crippen LogP contribution in [-0.2, 0) is 4.74 Å². The maximum atomic E-state index is 12.8. The number of methoxy groups -OCH3 is 2. The summed E-state index contributed by atoms with van der Waals surface area (Å²) in [6.45, 7) is 0.851. The Morgan fingerprint density at radius 3 is 2.33 bits per heavy atom. The molecule has 128 valence electrons. The summed E-state index contributed by atoms with van der Waals surface area (Å²) in [6, 6.07) is 10.7. The van der Waals surface area contributed by atoms with E-state index < -0.39 is 5.97 Å². The van der Waals surface area contributed by atoms with Crippen molar-refractivity contribution >= 4 is 5.97 Å². The molecule has 0 spiro atoms. The first-order valence-corrected chi connectivity index (χ1v) is 7.41. The fourth-order valence-corrected chi connectivity index (χ4v) is 1.99. The van der Waals surface area contributed by atoms with E-state index in [1.54, 1.807) is 30.3 Å². The zero-order valence-electron chi connectivity index (χ0n) is 13.6. The lowest BCUT2D eigenvalue weighted by Crippen LogP contribution is -2.07. The number of hydrogen-bond donors (Lipinski definition) is 0. The van der Waals surface area contributed by atoms with E-state index in [1.165, 1.54) is 26.4 Å². The average Bonchev–Trinajstić information content (AvgIpc) is 2.62. The summed E-state index contributed by atoms with van der Waals surface area (Å²) in [5.74, 6) is 0.862. The molecule has 2 rings (SSSR count). The van der Waals surface area contributed by atoms with Crippen molar-refractivity contribution in [2.45, 2.75) is 6.42 Å². The molecule has 0 bridgehead atoms. The van der Waals surface area contributed by atoms with Gasteiger partial charge in [0.25, 0.3) is 0 Å². The van der Waals surface area contributed by atoms with Gasteiger partial charge < -0.3 is 18.9 Å². The van der Waals surface area contributed by atoms with Gasteiger partial charge in [-0.1, -0.05) is 0 Å². The van der Waals surface area contributed by atoms with Crippen molar-refractivity contribution in [3.05, 3.63) is 53.8 Å². The predicted octanol–water partition coefficient (Wildman–Crippen LogP) is 3.47. The Morgan fingerprint density at radius 1 is 0.958 bits per heavy atom. The standard InChI is InChI=1S/C18H19FO5/c1-21-17-12-13(18(20)22-2)4-9-16(17)24-11-3-10-23-15-7-5-14(19)6-8-15/h4-9,12H,3,10-11H2,1-2H3. The molecule has 0 aliphatic heterocycles. The van der Waals surface area contributed by atoms with E-state index in [4.69, 9.17) is 14.2 Å². The SMILES string of the molecule is COC(=O)c1ccc(OCCCOc2ccc(F)cc2)c(OC)c1. The van der Waals surface area contributed by atoms with Crippen LogP contribution in [0.2, 0.25) is 0 Å². The summed E-state index contributed by atoms with van der Waals surface area (Å²) in [7, 11) is 2.82. The number of rotatable bonds is 8. The van der Waals surface area contributed by atoms with Crippen LogP contribution < -0.4 is 14.2 Å². The van der Waals surface area contributed by atoms with Gasteiger partial charge in [0.1, 0.15) is 11.6 Å². The molecule has 0 amide bonds. The van der Waals surface area contributed by atoms with Crippen LogP contribution in [0, 0.1) is 5.82 Å². The second-order valence-electron chi connectivity index (χ2n) is 4.86. The van der Waals surface area contributed by atoms with Gasteiger partial charge in [-0.25, -0.2) is 9.18 Å². The van der Waals surface area contributed by atoms with Crippen molar-refractivity contribution in [2.24, 2.45) is 0 Å². The summed E-state index contributed by atoms with van der Waals surface area (Å²) in [6.07, 6.45) is 0.638. The van der Waals surface area contributed by atoms with Gasteiger partial charge >= 0.3 is 5.97 Å². The van der Waals surface area contributed by atoms with Crippen LogP contribution in [0.25, 0.3) is 0 Å². The highest BCUT2D eigenvalue weighted by Crippen LogP contribution is 2.28. The molecular weight excluding hydrogens is 315 g/mol. The number of halogens is 1. The van der Waals surface area contributed by atoms with E-state index in [-0.39, 0.29) is 5.82 Å². The summed E-state index contributed by atoms with van der Waals surface area (Å²) in [5.41, 5.74) is 0.390. The predicted molar refractivity (Wildman–Crippen MR) is 86.3 cm³/mol. The third-order valence-corrected chi connectivity index (χ3v) is 3.21. The molecule has 6 heteroatoms. The topological polar surface area (TPSA) is 54.0 Å². The molecule has 0 atom stereocenters. The van der Waals surface area contributed by atoms with Crippen LogP contribution in [0.5, 0.6) is 17.2 Å². The minimum atomic E-state index is -0.437. The zero-order valence-corrected chi connectivity index (χ0v) is 13.6. The molecule has 0 aliphatic rings. The molecule has 0 N–H and O–H groups in total. The first-order valence-electron chi connectivity index (χ1n) is 7.41. The van der Waals surface area contributed by atoms with Crippen molar-refractivity contribution in [1.82, 2.24) is 0 Å². The van der Waals surface area contributed by atoms with Crippen molar-refractivity contribution in [2.75, 3.05) is 27.4 Å². The second kappa shape index (κ2) is 8.76. The van der Waals surface area contributed by atoms with Crippen LogP contribution in [-0.4, -0.2) is 33.4 Å².